The van der Waals surface area contributed by atoms with Crippen molar-refractivity contribution in [3.05, 3.63) is 60.2 Å². The molecule has 17 heavy (non-hydrogen) atoms. The van der Waals surface area contributed by atoms with Crippen LogP contribution in [0.5, 0.6) is 0 Å². The monoisotopic (exact) mass is 226 g/mol. The summed E-state index contributed by atoms with van der Waals surface area (Å²) < 4.78 is 15.7. The summed E-state index contributed by atoms with van der Waals surface area (Å²) in [5, 5.41) is 0. The highest BCUT2D eigenvalue weighted by atomic mass is 19.1. The van der Waals surface area contributed by atoms with Crippen LogP contribution in [0, 0.1) is 12.7 Å². The van der Waals surface area contributed by atoms with Crippen LogP contribution in [0.2, 0.25) is 0 Å². The number of nitrogens with zero attached hydrogens (tertiary/aromatic N) is 2. The Morgan fingerprint density at radius 2 is 1.82 bits per heavy atom. The largest absolute Gasteiger partial charge is 0.304 e. The van der Waals surface area contributed by atoms with Crippen molar-refractivity contribution in [2.24, 2.45) is 0 Å². The predicted molar refractivity (Wildman–Crippen MR) is 65.3 cm³/mol. The number of pyridine rings is 1. The first-order chi connectivity index (χ1) is 8.27. The van der Waals surface area contributed by atoms with E-state index in [1.54, 1.807) is 12.1 Å². The summed E-state index contributed by atoms with van der Waals surface area (Å²) in [6.07, 6.45) is 1.93. The van der Waals surface area contributed by atoms with Crippen molar-refractivity contribution >= 4 is 5.65 Å². The fraction of sp³-hybridized carbons (Fsp3) is 0.0714. The molecule has 0 radical (unpaired) electrons. The van der Waals surface area contributed by atoms with E-state index in [9.17, 15) is 4.39 Å². The number of halogens is 1. The molecule has 0 spiro atoms. The molecule has 3 aromatic rings. The Labute approximate surface area is 98.4 Å². The van der Waals surface area contributed by atoms with Gasteiger partial charge >= 0.3 is 0 Å². The first-order valence-corrected chi connectivity index (χ1v) is 5.46. The maximum Gasteiger partial charge on any atom is 0.137 e. The topological polar surface area (TPSA) is 17.3 Å². The van der Waals surface area contributed by atoms with Gasteiger partial charge in [0.05, 0.1) is 5.69 Å². The van der Waals surface area contributed by atoms with Gasteiger partial charge in [-0.1, -0.05) is 18.2 Å². The van der Waals surface area contributed by atoms with Gasteiger partial charge in [-0.05, 0) is 31.2 Å². The second kappa shape index (κ2) is 3.70. The third-order valence-corrected chi connectivity index (χ3v) is 2.90. The van der Waals surface area contributed by atoms with Crippen LogP contribution in [-0.2, 0) is 0 Å². The van der Waals surface area contributed by atoms with Crippen molar-refractivity contribution < 1.29 is 4.39 Å². The van der Waals surface area contributed by atoms with Crippen LogP contribution in [0.15, 0.2) is 48.7 Å². The molecule has 2 nitrogen and oxygen atoms in total. The van der Waals surface area contributed by atoms with Gasteiger partial charge in [-0.2, -0.15) is 0 Å². The summed E-state index contributed by atoms with van der Waals surface area (Å²) in [7, 11) is 0. The lowest BCUT2D eigenvalue weighted by atomic mass is 10.1. The van der Waals surface area contributed by atoms with Gasteiger partial charge < -0.3 is 4.40 Å². The number of aryl methyl sites for hydroxylation is 1. The highest BCUT2D eigenvalue weighted by molar-refractivity contribution is 5.66. The van der Waals surface area contributed by atoms with Crippen molar-refractivity contribution in [1.82, 2.24) is 9.38 Å². The number of hydrogen-bond acceptors (Lipinski definition) is 1. The first-order valence-electron chi connectivity index (χ1n) is 5.46. The average Bonchev–Trinajstić information content (AvgIpc) is 2.68. The Morgan fingerprint density at radius 3 is 2.59 bits per heavy atom. The third kappa shape index (κ3) is 1.51. The van der Waals surface area contributed by atoms with Gasteiger partial charge in [0.2, 0.25) is 0 Å². The summed E-state index contributed by atoms with van der Waals surface area (Å²) in [6.45, 7) is 1.95. The van der Waals surface area contributed by atoms with E-state index in [1.807, 2.05) is 41.8 Å². The lowest BCUT2D eigenvalue weighted by Crippen LogP contribution is -1.88. The average molecular weight is 226 g/mol. The minimum absolute atomic E-state index is 0.237. The SMILES string of the molecule is Cc1c(-c2ccccc2F)nc2ccccn12. The van der Waals surface area contributed by atoms with Crippen molar-refractivity contribution in [2.45, 2.75) is 6.92 Å². The summed E-state index contributed by atoms with van der Waals surface area (Å²) in [5.41, 5.74) is 3.04. The van der Waals surface area contributed by atoms with E-state index in [4.69, 9.17) is 0 Å². The Hall–Kier alpha value is -2.16. The van der Waals surface area contributed by atoms with Gasteiger partial charge in [0, 0.05) is 17.5 Å². The molecule has 0 unspecified atom stereocenters. The van der Waals surface area contributed by atoms with E-state index in [1.165, 1.54) is 6.07 Å². The van der Waals surface area contributed by atoms with Gasteiger partial charge in [-0.3, -0.25) is 0 Å². The highest BCUT2D eigenvalue weighted by Crippen LogP contribution is 2.25. The molecule has 0 atom stereocenters. The molecule has 0 saturated heterocycles. The summed E-state index contributed by atoms with van der Waals surface area (Å²) in [4.78, 5) is 4.47. The minimum atomic E-state index is -0.237. The number of aromatic nitrogens is 2. The van der Waals surface area contributed by atoms with Gasteiger partial charge in [-0.25, -0.2) is 9.37 Å². The molecular formula is C14H11FN2. The number of hydrogen-bond donors (Lipinski definition) is 0. The van der Waals surface area contributed by atoms with Crippen LogP contribution in [0.1, 0.15) is 5.69 Å². The molecule has 3 rings (SSSR count). The van der Waals surface area contributed by atoms with Gasteiger partial charge in [0.1, 0.15) is 11.5 Å². The highest BCUT2D eigenvalue weighted by Gasteiger charge is 2.12. The summed E-state index contributed by atoms with van der Waals surface area (Å²) in [6, 6.07) is 12.5. The smallest absolute Gasteiger partial charge is 0.137 e. The normalized spacial score (nSPS) is 10.9. The fourth-order valence-electron chi connectivity index (χ4n) is 2.03. The zero-order chi connectivity index (χ0) is 11.8. The summed E-state index contributed by atoms with van der Waals surface area (Å²) >= 11 is 0. The predicted octanol–water partition coefficient (Wildman–Crippen LogP) is 3.45. The molecule has 84 valence electrons. The van der Waals surface area contributed by atoms with E-state index >= 15 is 0 Å². The molecular weight excluding hydrogens is 215 g/mol. The lowest BCUT2D eigenvalue weighted by molar-refractivity contribution is 0.630. The van der Waals surface area contributed by atoms with E-state index < -0.39 is 0 Å². The number of imidazole rings is 1. The molecule has 0 amide bonds. The molecule has 0 aliphatic rings. The number of rotatable bonds is 1. The zero-order valence-electron chi connectivity index (χ0n) is 9.39. The van der Waals surface area contributed by atoms with Crippen LogP contribution in [0.25, 0.3) is 16.9 Å². The van der Waals surface area contributed by atoms with Crippen molar-refractivity contribution in [1.29, 1.82) is 0 Å². The molecule has 0 N–H and O–H groups in total. The number of fused-ring (bicyclic) bond motifs is 1. The Bertz CT molecular complexity index is 686. The number of benzene rings is 1. The maximum atomic E-state index is 13.7. The van der Waals surface area contributed by atoms with Gasteiger partial charge in [0.15, 0.2) is 0 Å². The second-order valence-electron chi connectivity index (χ2n) is 3.95. The molecule has 3 heteroatoms. The van der Waals surface area contributed by atoms with Crippen LogP contribution in [0.3, 0.4) is 0 Å². The quantitative estimate of drug-likeness (QED) is 0.621. The van der Waals surface area contributed by atoms with Gasteiger partial charge in [0.25, 0.3) is 0 Å². The van der Waals surface area contributed by atoms with E-state index in [2.05, 4.69) is 4.98 Å². The molecule has 0 aliphatic heterocycles. The maximum absolute atomic E-state index is 13.7. The third-order valence-electron chi connectivity index (χ3n) is 2.90. The molecule has 2 aromatic heterocycles. The van der Waals surface area contributed by atoms with Crippen LogP contribution < -0.4 is 0 Å². The van der Waals surface area contributed by atoms with E-state index in [0.717, 1.165) is 11.3 Å². The standard InChI is InChI=1S/C14H11FN2/c1-10-14(11-6-2-3-7-12(11)15)16-13-8-4-5-9-17(10)13/h2-9H,1H3. The van der Waals surface area contributed by atoms with E-state index in [-0.39, 0.29) is 5.82 Å². The van der Waals surface area contributed by atoms with Crippen LogP contribution in [-0.4, -0.2) is 9.38 Å². The van der Waals surface area contributed by atoms with Crippen LogP contribution in [0.4, 0.5) is 4.39 Å². The first kappa shape index (κ1) is 10.0. The molecule has 1 aromatic carbocycles. The molecule has 0 bridgehead atoms. The second-order valence-corrected chi connectivity index (χ2v) is 3.95. The summed E-state index contributed by atoms with van der Waals surface area (Å²) in [5.74, 6) is -0.237. The Balaban J connectivity index is 2.32. The van der Waals surface area contributed by atoms with Gasteiger partial charge in [-0.15, -0.1) is 0 Å². The molecule has 2 heterocycles. The Kier molecular flexibility index (Phi) is 2.18. The lowest BCUT2D eigenvalue weighted by Gasteiger charge is -2.00. The zero-order valence-corrected chi connectivity index (χ0v) is 9.39. The van der Waals surface area contributed by atoms with Crippen LogP contribution >= 0.6 is 0 Å². The minimum Gasteiger partial charge on any atom is -0.304 e. The van der Waals surface area contributed by atoms with Crippen molar-refractivity contribution in [3.8, 4) is 11.3 Å². The van der Waals surface area contributed by atoms with Crippen molar-refractivity contribution in [2.75, 3.05) is 0 Å². The molecule has 0 fully saturated rings. The molecule has 0 saturated carbocycles. The van der Waals surface area contributed by atoms with Crippen molar-refractivity contribution in [3.63, 3.8) is 0 Å². The Morgan fingerprint density at radius 1 is 1.06 bits per heavy atom. The van der Waals surface area contributed by atoms with E-state index in [0.29, 0.717) is 11.3 Å². The fourth-order valence-corrected chi connectivity index (χ4v) is 2.03. The molecule has 0 aliphatic carbocycles.